The molecule has 0 spiro atoms. The molecule has 1 aromatic heterocycles. The highest BCUT2D eigenvalue weighted by Crippen LogP contribution is 2.28. The van der Waals surface area contributed by atoms with E-state index in [1.807, 2.05) is 38.0 Å². The van der Waals surface area contributed by atoms with Crippen LogP contribution in [0.5, 0.6) is 0 Å². The molecule has 0 aliphatic heterocycles. The summed E-state index contributed by atoms with van der Waals surface area (Å²) in [6, 6.07) is 0. The quantitative estimate of drug-likeness (QED) is 0.908. The molecule has 20 heavy (non-hydrogen) atoms. The maximum atomic E-state index is 12.2. The van der Waals surface area contributed by atoms with Crippen LogP contribution in [0.15, 0.2) is 6.20 Å². The zero-order valence-corrected chi connectivity index (χ0v) is 12.7. The Labute approximate surface area is 120 Å². The zero-order chi connectivity index (χ0) is 14.7. The van der Waals surface area contributed by atoms with Crippen molar-refractivity contribution in [2.75, 3.05) is 43.3 Å². The van der Waals surface area contributed by atoms with Crippen LogP contribution in [0.1, 0.15) is 25.7 Å². The molecule has 0 aromatic carbocycles. The lowest BCUT2D eigenvalue weighted by Crippen LogP contribution is -2.24. The van der Waals surface area contributed by atoms with Crippen molar-refractivity contribution in [2.45, 2.75) is 25.7 Å². The van der Waals surface area contributed by atoms with Crippen LogP contribution in [0.4, 0.5) is 17.5 Å². The van der Waals surface area contributed by atoms with Crippen molar-refractivity contribution in [3.05, 3.63) is 6.20 Å². The number of hydrogen-bond donors (Lipinski definition) is 1. The van der Waals surface area contributed by atoms with Crippen LogP contribution in [-0.2, 0) is 4.79 Å². The van der Waals surface area contributed by atoms with E-state index < -0.39 is 0 Å². The molecule has 0 unspecified atom stereocenters. The lowest BCUT2D eigenvalue weighted by atomic mass is 10.1. The minimum atomic E-state index is 0.0896. The molecule has 2 rings (SSSR count). The van der Waals surface area contributed by atoms with Crippen molar-refractivity contribution < 1.29 is 4.79 Å². The number of carbonyl (C=O) groups is 1. The Kier molecular flexibility index (Phi) is 4.42. The zero-order valence-electron chi connectivity index (χ0n) is 12.7. The standard InChI is InChI=1S/C14H23N5O/c1-18(2)12-11(9-15-14(17-12)19(3)4)16-13(20)10-7-5-6-8-10/h9-10H,5-8H2,1-4H3,(H,16,20). The molecule has 1 amide bonds. The maximum absolute atomic E-state index is 12.2. The number of aromatic nitrogens is 2. The van der Waals surface area contributed by atoms with Gasteiger partial charge in [-0.3, -0.25) is 4.79 Å². The summed E-state index contributed by atoms with van der Waals surface area (Å²) >= 11 is 0. The molecular formula is C14H23N5O. The number of nitrogens with zero attached hydrogens (tertiary/aromatic N) is 4. The molecule has 1 saturated carbocycles. The molecule has 0 bridgehead atoms. The second-order valence-electron chi connectivity index (χ2n) is 5.67. The van der Waals surface area contributed by atoms with E-state index in [-0.39, 0.29) is 11.8 Å². The first-order valence-corrected chi connectivity index (χ1v) is 7.01. The summed E-state index contributed by atoms with van der Waals surface area (Å²) in [4.78, 5) is 24.7. The monoisotopic (exact) mass is 277 g/mol. The Morgan fingerprint density at radius 3 is 2.40 bits per heavy atom. The van der Waals surface area contributed by atoms with Crippen molar-refractivity contribution in [1.29, 1.82) is 0 Å². The van der Waals surface area contributed by atoms with Gasteiger partial charge in [-0.15, -0.1) is 0 Å². The van der Waals surface area contributed by atoms with Gasteiger partial charge in [0, 0.05) is 34.1 Å². The van der Waals surface area contributed by atoms with E-state index in [0.29, 0.717) is 11.6 Å². The summed E-state index contributed by atoms with van der Waals surface area (Å²) < 4.78 is 0. The predicted octanol–water partition coefficient (Wildman–Crippen LogP) is 1.74. The summed E-state index contributed by atoms with van der Waals surface area (Å²) in [5.74, 6) is 1.59. The molecule has 0 saturated heterocycles. The van der Waals surface area contributed by atoms with Crippen LogP contribution >= 0.6 is 0 Å². The molecule has 110 valence electrons. The highest BCUT2D eigenvalue weighted by molar-refractivity contribution is 5.95. The topological polar surface area (TPSA) is 61.4 Å². The van der Waals surface area contributed by atoms with Crippen LogP contribution in [0, 0.1) is 5.92 Å². The molecule has 1 heterocycles. The van der Waals surface area contributed by atoms with E-state index in [9.17, 15) is 4.79 Å². The number of rotatable bonds is 4. The van der Waals surface area contributed by atoms with E-state index in [1.54, 1.807) is 6.20 Å². The Hall–Kier alpha value is -1.85. The molecule has 0 radical (unpaired) electrons. The fraction of sp³-hybridized carbons (Fsp3) is 0.643. The van der Waals surface area contributed by atoms with Crippen molar-refractivity contribution in [2.24, 2.45) is 5.92 Å². The van der Waals surface area contributed by atoms with Gasteiger partial charge >= 0.3 is 0 Å². The van der Waals surface area contributed by atoms with Gasteiger partial charge in [-0.2, -0.15) is 4.98 Å². The SMILES string of the molecule is CN(C)c1ncc(NC(=O)C2CCCC2)c(N(C)C)n1. The van der Waals surface area contributed by atoms with Gasteiger partial charge in [0.2, 0.25) is 11.9 Å². The van der Waals surface area contributed by atoms with Crippen LogP contribution < -0.4 is 15.1 Å². The van der Waals surface area contributed by atoms with Crippen molar-refractivity contribution in [1.82, 2.24) is 9.97 Å². The van der Waals surface area contributed by atoms with E-state index in [1.165, 1.54) is 0 Å². The van der Waals surface area contributed by atoms with Gasteiger partial charge in [-0.25, -0.2) is 4.98 Å². The van der Waals surface area contributed by atoms with Gasteiger partial charge in [-0.1, -0.05) is 12.8 Å². The molecular weight excluding hydrogens is 254 g/mol. The van der Waals surface area contributed by atoms with Crippen molar-refractivity contribution >= 4 is 23.4 Å². The number of carbonyl (C=O) groups excluding carboxylic acids is 1. The lowest BCUT2D eigenvalue weighted by molar-refractivity contribution is -0.119. The smallest absolute Gasteiger partial charge is 0.227 e. The van der Waals surface area contributed by atoms with Gasteiger partial charge in [0.25, 0.3) is 0 Å². The number of hydrogen-bond acceptors (Lipinski definition) is 5. The average molecular weight is 277 g/mol. The van der Waals surface area contributed by atoms with E-state index in [2.05, 4.69) is 15.3 Å². The average Bonchev–Trinajstić information content (AvgIpc) is 2.92. The van der Waals surface area contributed by atoms with E-state index in [0.717, 1.165) is 31.5 Å². The number of amides is 1. The maximum Gasteiger partial charge on any atom is 0.227 e. The third kappa shape index (κ3) is 3.18. The normalized spacial score (nSPS) is 15.2. The van der Waals surface area contributed by atoms with Crippen LogP contribution in [0.25, 0.3) is 0 Å². The Balaban J connectivity index is 2.19. The summed E-state index contributed by atoms with van der Waals surface area (Å²) in [5, 5.41) is 2.98. The minimum absolute atomic E-state index is 0.0896. The number of anilines is 3. The summed E-state index contributed by atoms with van der Waals surface area (Å²) in [7, 11) is 7.61. The van der Waals surface area contributed by atoms with Gasteiger partial charge in [0.1, 0.15) is 5.69 Å². The molecule has 1 fully saturated rings. The Morgan fingerprint density at radius 2 is 1.85 bits per heavy atom. The first-order chi connectivity index (χ1) is 9.49. The van der Waals surface area contributed by atoms with Crippen molar-refractivity contribution in [3.8, 4) is 0 Å². The van der Waals surface area contributed by atoms with Gasteiger partial charge in [-0.05, 0) is 12.8 Å². The molecule has 0 atom stereocenters. The summed E-state index contributed by atoms with van der Waals surface area (Å²) in [6.45, 7) is 0. The molecule has 1 aliphatic carbocycles. The molecule has 1 N–H and O–H groups in total. The first kappa shape index (κ1) is 14.6. The van der Waals surface area contributed by atoms with E-state index in [4.69, 9.17) is 0 Å². The Bertz CT molecular complexity index is 480. The second kappa shape index (κ2) is 6.07. The summed E-state index contributed by atoms with van der Waals surface area (Å²) in [6.07, 6.45) is 5.95. The molecule has 1 aromatic rings. The van der Waals surface area contributed by atoms with Gasteiger partial charge < -0.3 is 15.1 Å². The first-order valence-electron chi connectivity index (χ1n) is 7.01. The fourth-order valence-corrected chi connectivity index (χ4v) is 2.43. The van der Waals surface area contributed by atoms with Gasteiger partial charge in [0.05, 0.1) is 6.20 Å². The van der Waals surface area contributed by atoms with Crippen molar-refractivity contribution in [3.63, 3.8) is 0 Å². The molecule has 6 heteroatoms. The second-order valence-corrected chi connectivity index (χ2v) is 5.67. The third-order valence-corrected chi connectivity index (χ3v) is 3.56. The van der Waals surface area contributed by atoms with Crippen LogP contribution in [0.3, 0.4) is 0 Å². The van der Waals surface area contributed by atoms with Crippen LogP contribution in [-0.4, -0.2) is 44.1 Å². The molecule has 6 nitrogen and oxygen atoms in total. The Morgan fingerprint density at radius 1 is 1.20 bits per heavy atom. The van der Waals surface area contributed by atoms with E-state index >= 15 is 0 Å². The fourth-order valence-electron chi connectivity index (χ4n) is 2.43. The minimum Gasteiger partial charge on any atom is -0.361 e. The van der Waals surface area contributed by atoms with Crippen LogP contribution in [0.2, 0.25) is 0 Å². The molecule has 1 aliphatic rings. The lowest BCUT2D eigenvalue weighted by Gasteiger charge is -2.20. The third-order valence-electron chi connectivity index (χ3n) is 3.56. The predicted molar refractivity (Wildman–Crippen MR) is 81.3 cm³/mol. The number of nitrogens with one attached hydrogen (secondary N) is 1. The largest absolute Gasteiger partial charge is 0.361 e. The van der Waals surface area contributed by atoms with Gasteiger partial charge in [0.15, 0.2) is 5.82 Å². The highest BCUT2D eigenvalue weighted by Gasteiger charge is 2.24. The summed E-state index contributed by atoms with van der Waals surface area (Å²) in [5.41, 5.74) is 0.678. The highest BCUT2D eigenvalue weighted by atomic mass is 16.1.